The lowest BCUT2D eigenvalue weighted by Gasteiger charge is -2.05. The van der Waals surface area contributed by atoms with E-state index >= 15 is 0 Å². The molecule has 0 aliphatic rings. The van der Waals surface area contributed by atoms with Gasteiger partial charge >= 0.3 is 0 Å². The third-order valence-corrected chi connectivity index (χ3v) is 4.00. The Kier molecular flexibility index (Phi) is 3.19. The summed E-state index contributed by atoms with van der Waals surface area (Å²) < 4.78 is 19.3. The minimum atomic E-state index is -0.477. The Labute approximate surface area is 123 Å². The van der Waals surface area contributed by atoms with Crippen LogP contribution in [0.1, 0.15) is 5.01 Å². The standard InChI is InChI=1S/C13H9ClFN3OS/c1-6-17-5-9(20-6)12-11(13(16)18-19-12)10-7(14)3-2-4-8(10)15/h2-5H,1H3,(H2,16,18). The molecule has 0 unspecified atom stereocenters. The van der Waals surface area contributed by atoms with Crippen molar-refractivity contribution in [2.45, 2.75) is 6.92 Å². The zero-order valence-electron chi connectivity index (χ0n) is 10.4. The molecule has 0 atom stereocenters. The molecule has 3 rings (SSSR count). The number of thiazole rings is 1. The van der Waals surface area contributed by atoms with Crippen LogP contribution in [-0.2, 0) is 0 Å². The van der Waals surface area contributed by atoms with Gasteiger partial charge in [-0.15, -0.1) is 11.3 Å². The van der Waals surface area contributed by atoms with E-state index in [9.17, 15) is 4.39 Å². The molecule has 0 amide bonds. The summed E-state index contributed by atoms with van der Waals surface area (Å²) >= 11 is 7.49. The Balaban J connectivity index is 2.27. The summed E-state index contributed by atoms with van der Waals surface area (Å²) in [5.41, 5.74) is 6.36. The third-order valence-electron chi connectivity index (χ3n) is 2.78. The summed E-state index contributed by atoms with van der Waals surface area (Å²) in [5.74, 6) is -0.00644. The van der Waals surface area contributed by atoms with Gasteiger partial charge in [-0.2, -0.15) is 0 Å². The van der Waals surface area contributed by atoms with E-state index in [1.165, 1.54) is 23.5 Å². The lowest BCUT2D eigenvalue weighted by Crippen LogP contribution is -1.92. The first-order valence-corrected chi connectivity index (χ1v) is 6.89. The highest BCUT2D eigenvalue weighted by atomic mass is 35.5. The summed E-state index contributed by atoms with van der Waals surface area (Å²) in [7, 11) is 0. The molecular weight excluding hydrogens is 301 g/mol. The molecule has 2 N–H and O–H groups in total. The summed E-state index contributed by atoms with van der Waals surface area (Å²) in [5, 5.41) is 4.83. The number of hydrogen-bond donors (Lipinski definition) is 1. The van der Waals surface area contributed by atoms with Crippen LogP contribution in [0.3, 0.4) is 0 Å². The first-order chi connectivity index (χ1) is 9.58. The first-order valence-electron chi connectivity index (χ1n) is 5.70. The van der Waals surface area contributed by atoms with Gasteiger partial charge in [0.2, 0.25) is 0 Å². The second kappa shape index (κ2) is 4.88. The van der Waals surface area contributed by atoms with Gasteiger partial charge in [0.25, 0.3) is 0 Å². The molecule has 0 saturated heterocycles. The zero-order chi connectivity index (χ0) is 14.3. The predicted octanol–water partition coefficient (Wildman–Crippen LogP) is 4.15. The number of aryl methyl sites for hydroxylation is 1. The molecule has 102 valence electrons. The number of anilines is 1. The van der Waals surface area contributed by atoms with Gasteiger partial charge in [-0.25, -0.2) is 9.37 Å². The van der Waals surface area contributed by atoms with Gasteiger partial charge in [0, 0.05) is 11.8 Å². The fraction of sp³-hybridized carbons (Fsp3) is 0.0769. The average Bonchev–Trinajstić information content (AvgIpc) is 2.97. The molecule has 7 heteroatoms. The van der Waals surface area contributed by atoms with Crippen LogP contribution in [-0.4, -0.2) is 10.1 Å². The monoisotopic (exact) mass is 309 g/mol. The van der Waals surface area contributed by atoms with E-state index in [-0.39, 0.29) is 16.4 Å². The lowest BCUT2D eigenvalue weighted by atomic mass is 10.0. The van der Waals surface area contributed by atoms with Crippen molar-refractivity contribution in [1.82, 2.24) is 10.1 Å². The molecule has 0 radical (unpaired) electrons. The maximum absolute atomic E-state index is 14.1. The molecule has 0 aliphatic carbocycles. The molecule has 0 saturated carbocycles. The van der Waals surface area contributed by atoms with Gasteiger partial charge in [0.15, 0.2) is 11.6 Å². The van der Waals surface area contributed by atoms with Crippen molar-refractivity contribution in [3.8, 4) is 21.8 Å². The van der Waals surface area contributed by atoms with Crippen LogP contribution in [0.2, 0.25) is 5.02 Å². The van der Waals surface area contributed by atoms with Crippen LogP contribution in [0.5, 0.6) is 0 Å². The highest BCUT2D eigenvalue weighted by molar-refractivity contribution is 7.15. The van der Waals surface area contributed by atoms with E-state index in [1.807, 2.05) is 6.92 Å². The molecule has 4 nitrogen and oxygen atoms in total. The number of nitrogens with two attached hydrogens (primary N) is 1. The highest BCUT2D eigenvalue weighted by Gasteiger charge is 2.23. The van der Waals surface area contributed by atoms with Gasteiger partial charge in [0.05, 0.1) is 20.5 Å². The fourth-order valence-electron chi connectivity index (χ4n) is 1.92. The van der Waals surface area contributed by atoms with Gasteiger partial charge < -0.3 is 10.3 Å². The van der Waals surface area contributed by atoms with Crippen LogP contribution in [0.25, 0.3) is 21.8 Å². The second-order valence-electron chi connectivity index (χ2n) is 4.11. The Bertz CT molecular complexity index is 764. The Morgan fingerprint density at radius 1 is 1.35 bits per heavy atom. The van der Waals surface area contributed by atoms with Crippen molar-refractivity contribution in [3.63, 3.8) is 0 Å². The SMILES string of the molecule is Cc1ncc(-c2onc(N)c2-c2c(F)cccc2Cl)s1. The van der Waals surface area contributed by atoms with Crippen molar-refractivity contribution >= 4 is 28.8 Å². The van der Waals surface area contributed by atoms with Gasteiger partial charge in [-0.1, -0.05) is 22.8 Å². The van der Waals surface area contributed by atoms with Crippen LogP contribution in [0.15, 0.2) is 28.9 Å². The number of benzene rings is 1. The smallest absolute Gasteiger partial charge is 0.188 e. The summed E-state index contributed by atoms with van der Waals surface area (Å²) in [6.07, 6.45) is 1.64. The average molecular weight is 310 g/mol. The third kappa shape index (κ3) is 2.07. The first kappa shape index (κ1) is 13.1. The van der Waals surface area contributed by atoms with E-state index in [2.05, 4.69) is 10.1 Å². The summed E-state index contributed by atoms with van der Waals surface area (Å²) in [6.45, 7) is 1.86. The second-order valence-corrected chi connectivity index (χ2v) is 5.75. The highest BCUT2D eigenvalue weighted by Crippen LogP contribution is 2.42. The predicted molar refractivity (Wildman–Crippen MR) is 77.2 cm³/mol. The van der Waals surface area contributed by atoms with Crippen molar-refractivity contribution in [2.75, 3.05) is 5.73 Å². The van der Waals surface area contributed by atoms with Crippen LogP contribution in [0.4, 0.5) is 10.2 Å². The van der Waals surface area contributed by atoms with Crippen molar-refractivity contribution in [3.05, 3.63) is 40.2 Å². The maximum Gasteiger partial charge on any atom is 0.188 e. The minimum Gasteiger partial charge on any atom is -0.380 e. The molecular formula is C13H9ClFN3OS. The molecule has 0 spiro atoms. The molecule has 3 aromatic rings. The molecule has 2 heterocycles. The number of aromatic nitrogens is 2. The van der Waals surface area contributed by atoms with E-state index in [1.54, 1.807) is 12.3 Å². The van der Waals surface area contributed by atoms with Gasteiger partial charge in [-0.05, 0) is 19.1 Å². The maximum atomic E-state index is 14.1. The summed E-state index contributed by atoms with van der Waals surface area (Å²) in [4.78, 5) is 4.87. The van der Waals surface area contributed by atoms with E-state index in [0.717, 1.165) is 9.88 Å². The van der Waals surface area contributed by atoms with Crippen LogP contribution < -0.4 is 5.73 Å². The van der Waals surface area contributed by atoms with Crippen molar-refractivity contribution < 1.29 is 8.91 Å². The molecule has 0 fully saturated rings. The number of nitrogens with zero attached hydrogens (tertiary/aromatic N) is 2. The Morgan fingerprint density at radius 3 is 2.80 bits per heavy atom. The molecule has 2 aromatic heterocycles. The van der Waals surface area contributed by atoms with Crippen LogP contribution >= 0.6 is 22.9 Å². The molecule has 1 aromatic carbocycles. The largest absolute Gasteiger partial charge is 0.380 e. The number of halogens is 2. The summed E-state index contributed by atoms with van der Waals surface area (Å²) in [6, 6.07) is 4.44. The molecule has 20 heavy (non-hydrogen) atoms. The number of nitrogen functional groups attached to an aromatic ring is 1. The topological polar surface area (TPSA) is 64.9 Å². The fourth-order valence-corrected chi connectivity index (χ4v) is 2.93. The Hall–Kier alpha value is -1.92. The van der Waals surface area contributed by atoms with Crippen molar-refractivity contribution in [1.29, 1.82) is 0 Å². The molecule has 0 aliphatic heterocycles. The normalized spacial score (nSPS) is 10.9. The van der Waals surface area contributed by atoms with Crippen molar-refractivity contribution in [2.24, 2.45) is 0 Å². The van der Waals surface area contributed by atoms with E-state index in [4.69, 9.17) is 21.9 Å². The number of hydrogen-bond acceptors (Lipinski definition) is 5. The van der Waals surface area contributed by atoms with Gasteiger partial charge in [-0.3, -0.25) is 0 Å². The van der Waals surface area contributed by atoms with Gasteiger partial charge in [0.1, 0.15) is 5.82 Å². The minimum absolute atomic E-state index is 0.0954. The van der Waals surface area contributed by atoms with Crippen LogP contribution in [0, 0.1) is 12.7 Å². The zero-order valence-corrected chi connectivity index (χ0v) is 11.9. The lowest BCUT2D eigenvalue weighted by molar-refractivity contribution is 0.437. The number of rotatable bonds is 2. The Morgan fingerprint density at radius 2 is 2.15 bits per heavy atom. The quantitative estimate of drug-likeness (QED) is 0.772. The van der Waals surface area contributed by atoms with E-state index in [0.29, 0.717) is 11.3 Å². The molecule has 0 bridgehead atoms. The van der Waals surface area contributed by atoms with E-state index < -0.39 is 5.82 Å².